The van der Waals surface area contributed by atoms with Crippen molar-refractivity contribution in [3.05, 3.63) is 29.8 Å². The average molecular weight is 294 g/mol. The number of morpholine rings is 1. The predicted molar refractivity (Wildman–Crippen MR) is 83.9 cm³/mol. The minimum Gasteiger partial charge on any atom is -0.497 e. The van der Waals surface area contributed by atoms with E-state index in [1.807, 2.05) is 13.8 Å². The normalized spacial score (nSPS) is 14.8. The van der Waals surface area contributed by atoms with Crippen molar-refractivity contribution in [3.8, 4) is 5.75 Å². The lowest BCUT2D eigenvalue weighted by molar-refractivity contribution is 0.0383. The summed E-state index contributed by atoms with van der Waals surface area (Å²) in [6.45, 7) is 8.98. The quantitative estimate of drug-likeness (QED) is 0.899. The maximum absolute atomic E-state index is 11.9. The molecule has 1 saturated heterocycles. The lowest BCUT2D eigenvalue weighted by Gasteiger charge is -2.26. The minimum atomic E-state index is -0.0455. The van der Waals surface area contributed by atoms with E-state index in [2.05, 4.69) is 10.2 Å². The molecule has 118 valence electrons. The van der Waals surface area contributed by atoms with E-state index in [4.69, 9.17) is 9.47 Å². The number of nitrogens with zero attached hydrogens (tertiary/aromatic N) is 1. The van der Waals surface area contributed by atoms with Crippen LogP contribution in [0.15, 0.2) is 24.3 Å². The molecule has 0 aromatic heterocycles. The van der Waals surface area contributed by atoms with E-state index >= 15 is 0 Å². The van der Waals surface area contributed by atoms with Gasteiger partial charge in [0.05, 0.1) is 20.3 Å². The zero-order chi connectivity index (χ0) is 15.5. The van der Waals surface area contributed by atoms with Crippen molar-refractivity contribution < 1.29 is 14.3 Å². The third kappa shape index (κ3) is 6.14. The number of methoxy groups -OCH3 is 1. The van der Waals surface area contributed by atoms with Gasteiger partial charge in [-0.05, 0) is 24.3 Å². The fourth-order valence-electron chi connectivity index (χ4n) is 2.00. The van der Waals surface area contributed by atoms with Gasteiger partial charge in [0, 0.05) is 31.7 Å². The first-order valence-electron chi connectivity index (χ1n) is 7.52. The second-order valence-electron chi connectivity index (χ2n) is 4.44. The maximum Gasteiger partial charge on any atom is 0.251 e. The minimum absolute atomic E-state index is 0.0455. The molecule has 0 unspecified atom stereocenters. The van der Waals surface area contributed by atoms with Crippen LogP contribution in [0.2, 0.25) is 0 Å². The lowest BCUT2D eigenvalue weighted by atomic mass is 10.2. The van der Waals surface area contributed by atoms with Crippen molar-refractivity contribution >= 4 is 5.91 Å². The number of hydrogen-bond acceptors (Lipinski definition) is 4. The van der Waals surface area contributed by atoms with Crippen molar-refractivity contribution in [1.29, 1.82) is 0 Å². The van der Waals surface area contributed by atoms with Crippen LogP contribution in [-0.2, 0) is 4.74 Å². The van der Waals surface area contributed by atoms with Gasteiger partial charge in [0.15, 0.2) is 0 Å². The monoisotopic (exact) mass is 294 g/mol. The molecule has 1 N–H and O–H groups in total. The van der Waals surface area contributed by atoms with E-state index < -0.39 is 0 Å². The Hall–Kier alpha value is -1.59. The number of carbonyl (C=O) groups excluding carboxylic acids is 1. The molecular formula is C16H26N2O3. The first-order chi connectivity index (χ1) is 10.3. The Balaban J connectivity index is 0.00000106. The van der Waals surface area contributed by atoms with Crippen LogP contribution in [0.4, 0.5) is 0 Å². The highest BCUT2D eigenvalue weighted by molar-refractivity contribution is 5.94. The molecule has 1 aromatic carbocycles. The molecule has 5 heteroatoms. The fraction of sp³-hybridized carbons (Fsp3) is 0.562. The molecule has 1 amide bonds. The van der Waals surface area contributed by atoms with E-state index in [0.29, 0.717) is 12.1 Å². The molecule has 0 atom stereocenters. The molecule has 1 aliphatic rings. The summed E-state index contributed by atoms with van der Waals surface area (Å²) in [5.74, 6) is 0.709. The van der Waals surface area contributed by atoms with Crippen LogP contribution in [-0.4, -0.2) is 57.3 Å². The number of nitrogens with one attached hydrogen (secondary N) is 1. The Morgan fingerprint density at radius 3 is 2.43 bits per heavy atom. The summed E-state index contributed by atoms with van der Waals surface area (Å²) in [5.41, 5.74) is 0.655. The van der Waals surface area contributed by atoms with E-state index in [1.54, 1.807) is 31.4 Å². The Labute approximate surface area is 127 Å². The predicted octanol–water partition coefficient (Wildman–Crippen LogP) is 1.78. The zero-order valence-electron chi connectivity index (χ0n) is 13.2. The van der Waals surface area contributed by atoms with Crippen LogP contribution in [0.5, 0.6) is 5.75 Å². The third-order valence-electron chi connectivity index (χ3n) is 3.17. The van der Waals surface area contributed by atoms with Gasteiger partial charge in [-0.25, -0.2) is 0 Å². The number of rotatable bonds is 5. The van der Waals surface area contributed by atoms with Crippen molar-refractivity contribution in [3.63, 3.8) is 0 Å². The largest absolute Gasteiger partial charge is 0.497 e. The number of carbonyl (C=O) groups is 1. The van der Waals surface area contributed by atoms with Crippen molar-refractivity contribution in [1.82, 2.24) is 10.2 Å². The van der Waals surface area contributed by atoms with Crippen molar-refractivity contribution in [2.24, 2.45) is 0 Å². The number of ether oxygens (including phenoxy) is 2. The molecule has 1 heterocycles. The Bertz CT molecular complexity index is 400. The van der Waals surface area contributed by atoms with E-state index in [9.17, 15) is 4.79 Å². The Morgan fingerprint density at radius 1 is 1.24 bits per heavy atom. The van der Waals surface area contributed by atoms with Crippen LogP contribution in [0, 0.1) is 0 Å². The van der Waals surface area contributed by atoms with E-state index in [-0.39, 0.29) is 5.91 Å². The molecule has 0 spiro atoms. The van der Waals surface area contributed by atoms with Crippen LogP contribution < -0.4 is 10.1 Å². The van der Waals surface area contributed by atoms with Gasteiger partial charge in [0.1, 0.15) is 5.75 Å². The second kappa shape index (κ2) is 10.2. The summed E-state index contributed by atoms with van der Waals surface area (Å²) in [6, 6.07) is 7.11. The van der Waals surface area contributed by atoms with Crippen LogP contribution in [0.3, 0.4) is 0 Å². The number of benzene rings is 1. The van der Waals surface area contributed by atoms with Gasteiger partial charge in [-0.3, -0.25) is 9.69 Å². The van der Waals surface area contributed by atoms with Crippen LogP contribution in [0.25, 0.3) is 0 Å². The number of amides is 1. The average Bonchev–Trinajstić information content (AvgIpc) is 2.57. The summed E-state index contributed by atoms with van der Waals surface area (Å²) < 4.78 is 10.3. The molecular weight excluding hydrogens is 268 g/mol. The summed E-state index contributed by atoms with van der Waals surface area (Å²) in [4.78, 5) is 14.2. The number of hydrogen-bond donors (Lipinski definition) is 1. The fourth-order valence-corrected chi connectivity index (χ4v) is 2.00. The summed E-state index contributed by atoms with van der Waals surface area (Å²) >= 11 is 0. The van der Waals surface area contributed by atoms with Crippen LogP contribution >= 0.6 is 0 Å². The lowest BCUT2D eigenvalue weighted by Crippen LogP contribution is -2.41. The molecule has 21 heavy (non-hydrogen) atoms. The molecule has 0 bridgehead atoms. The summed E-state index contributed by atoms with van der Waals surface area (Å²) in [7, 11) is 1.61. The van der Waals surface area contributed by atoms with Gasteiger partial charge < -0.3 is 14.8 Å². The Morgan fingerprint density at radius 2 is 1.86 bits per heavy atom. The first-order valence-corrected chi connectivity index (χ1v) is 7.52. The standard InChI is InChI=1S/C14H20N2O3.C2H6/c1-18-13-4-2-12(3-5-13)14(17)15-6-7-16-8-10-19-11-9-16;1-2/h2-5H,6-11H2,1H3,(H,15,17);1-2H3. The molecule has 0 aliphatic carbocycles. The SMILES string of the molecule is CC.COc1ccc(C(=O)NCCN2CCOCC2)cc1. The van der Waals surface area contributed by atoms with E-state index in [0.717, 1.165) is 38.6 Å². The van der Waals surface area contributed by atoms with Gasteiger partial charge in [-0.2, -0.15) is 0 Å². The highest BCUT2D eigenvalue weighted by Crippen LogP contribution is 2.10. The van der Waals surface area contributed by atoms with Gasteiger partial charge in [0.25, 0.3) is 5.91 Å². The maximum atomic E-state index is 11.9. The summed E-state index contributed by atoms with van der Waals surface area (Å²) in [5, 5.41) is 2.92. The third-order valence-corrected chi connectivity index (χ3v) is 3.17. The molecule has 2 rings (SSSR count). The zero-order valence-corrected chi connectivity index (χ0v) is 13.2. The molecule has 1 fully saturated rings. The molecule has 1 aliphatic heterocycles. The topological polar surface area (TPSA) is 50.8 Å². The smallest absolute Gasteiger partial charge is 0.251 e. The molecule has 1 aromatic rings. The summed E-state index contributed by atoms with van der Waals surface area (Å²) in [6.07, 6.45) is 0. The second-order valence-corrected chi connectivity index (χ2v) is 4.44. The van der Waals surface area contributed by atoms with Gasteiger partial charge in [0.2, 0.25) is 0 Å². The molecule has 5 nitrogen and oxygen atoms in total. The highest BCUT2D eigenvalue weighted by atomic mass is 16.5. The highest BCUT2D eigenvalue weighted by Gasteiger charge is 2.10. The first kappa shape index (κ1) is 17.5. The van der Waals surface area contributed by atoms with Gasteiger partial charge >= 0.3 is 0 Å². The van der Waals surface area contributed by atoms with Crippen LogP contribution in [0.1, 0.15) is 24.2 Å². The van der Waals surface area contributed by atoms with Crippen molar-refractivity contribution in [2.45, 2.75) is 13.8 Å². The Kier molecular flexibility index (Phi) is 8.47. The molecule has 0 radical (unpaired) electrons. The van der Waals surface area contributed by atoms with Gasteiger partial charge in [-0.1, -0.05) is 13.8 Å². The molecule has 0 saturated carbocycles. The van der Waals surface area contributed by atoms with Gasteiger partial charge in [-0.15, -0.1) is 0 Å². The van der Waals surface area contributed by atoms with Crippen molar-refractivity contribution in [2.75, 3.05) is 46.5 Å². The van der Waals surface area contributed by atoms with E-state index in [1.165, 1.54) is 0 Å².